The van der Waals surface area contributed by atoms with Crippen molar-refractivity contribution >= 4 is 11.0 Å². The molecule has 3 rings (SSSR count). The van der Waals surface area contributed by atoms with Gasteiger partial charge in [-0.1, -0.05) is 30.0 Å². The minimum atomic E-state index is -0.0732. The van der Waals surface area contributed by atoms with Crippen molar-refractivity contribution in [3.05, 3.63) is 48.0 Å². The number of fused-ring (bicyclic) bond motifs is 1. The number of benzene rings is 2. The van der Waals surface area contributed by atoms with Crippen molar-refractivity contribution < 1.29 is 5.11 Å². The first-order valence-electron chi connectivity index (χ1n) is 5.34. The minimum absolute atomic E-state index is 0.0732. The van der Waals surface area contributed by atoms with E-state index in [0.29, 0.717) is 5.69 Å². The smallest absolute Gasteiger partial charge is 0.113 e. The first kappa shape index (κ1) is 9.84. The maximum absolute atomic E-state index is 11.7. The van der Waals surface area contributed by atoms with E-state index in [4.69, 9.17) is 0 Å². The van der Waals surface area contributed by atoms with Crippen LogP contribution in [0.4, 0.5) is 0 Å². The van der Waals surface area contributed by atoms with Crippen molar-refractivity contribution in [2.24, 2.45) is 0 Å². The molecule has 1 heterocycles. The van der Waals surface area contributed by atoms with Gasteiger partial charge in [-0.05, 0) is 30.7 Å². The second-order valence-electron chi connectivity index (χ2n) is 3.95. The molecular formula is C13H10N3O-. The van der Waals surface area contributed by atoms with Gasteiger partial charge in [-0.3, -0.25) is 0 Å². The molecule has 0 atom stereocenters. The third-order valence-corrected chi connectivity index (χ3v) is 2.62. The number of nitrogens with zero attached hydrogens (tertiary/aromatic N) is 3. The summed E-state index contributed by atoms with van der Waals surface area (Å²) in [6.45, 7) is 1.94. The van der Waals surface area contributed by atoms with Crippen LogP contribution in [0.3, 0.4) is 0 Å². The quantitative estimate of drug-likeness (QED) is 0.633. The molecule has 17 heavy (non-hydrogen) atoms. The predicted octanol–water partition coefficient (Wildman–Crippen LogP) is 1.80. The van der Waals surface area contributed by atoms with Crippen LogP contribution in [0.15, 0.2) is 42.5 Å². The second-order valence-corrected chi connectivity index (χ2v) is 3.95. The van der Waals surface area contributed by atoms with Crippen molar-refractivity contribution in [1.82, 2.24) is 15.0 Å². The summed E-state index contributed by atoms with van der Waals surface area (Å²) in [4.78, 5) is 1.40. The van der Waals surface area contributed by atoms with Gasteiger partial charge in [-0.25, -0.2) is 0 Å². The maximum atomic E-state index is 11.7. The Labute approximate surface area is 98.1 Å². The monoisotopic (exact) mass is 224 g/mol. The second kappa shape index (κ2) is 3.59. The van der Waals surface area contributed by atoms with Gasteiger partial charge in [-0.15, -0.1) is 10.2 Å². The molecule has 0 fully saturated rings. The Kier molecular flexibility index (Phi) is 2.08. The molecule has 3 aromatic rings. The molecule has 0 unspecified atom stereocenters. The van der Waals surface area contributed by atoms with Crippen LogP contribution in [0.1, 0.15) is 5.56 Å². The molecule has 0 saturated carbocycles. The zero-order chi connectivity index (χ0) is 11.8. The molecule has 0 aliphatic rings. The van der Waals surface area contributed by atoms with E-state index in [1.165, 1.54) is 4.80 Å². The Morgan fingerprint density at radius 2 is 1.65 bits per heavy atom. The normalized spacial score (nSPS) is 10.9. The van der Waals surface area contributed by atoms with Gasteiger partial charge in [0.15, 0.2) is 0 Å². The van der Waals surface area contributed by atoms with Gasteiger partial charge in [0.2, 0.25) is 0 Å². The Morgan fingerprint density at radius 1 is 1.00 bits per heavy atom. The average Bonchev–Trinajstić information content (AvgIpc) is 2.75. The van der Waals surface area contributed by atoms with Gasteiger partial charge < -0.3 is 5.11 Å². The highest BCUT2D eigenvalue weighted by Gasteiger charge is 2.04. The third-order valence-electron chi connectivity index (χ3n) is 2.62. The van der Waals surface area contributed by atoms with Crippen molar-refractivity contribution in [3.8, 4) is 11.4 Å². The highest BCUT2D eigenvalue weighted by Crippen LogP contribution is 2.20. The van der Waals surface area contributed by atoms with Crippen LogP contribution >= 0.6 is 0 Å². The zero-order valence-electron chi connectivity index (χ0n) is 9.29. The summed E-state index contributed by atoms with van der Waals surface area (Å²) in [7, 11) is 0. The van der Waals surface area contributed by atoms with Gasteiger partial charge in [0.25, 0.3) is 0 Å². The first-order valence-corrected chi connectivity index (χ1v) is 5.34. The SMILES string of the molecule is Cc1ccc([O-])c(-n2nc3ccccc3n2)c1. The maximum Gasteiger partial charge on any atom is 0.113 e. The fourth-order valence-corrected chi connectivity index (χ4v) is 1.75. The van der Waals surface area contributed by atoms with Gasteiger partial charge in [0.1, 0.15) is 11.0 Å². The van der Waals surface area contributed by atoms with Gasteiger partial charge in [0.05, 0.1) is 5.69 Å². The van der Waals surface area contributed by atoms with Crippen molar-refractivity contribution in [2.45, 2.75) is 6.92 Å². The topological polar surface area (TPSA) is 53.8 Å². The molecular weight excluding hydrogens is 214 g/mol. The van der Waals surface area contributed by atoms with Crippen LogP contribution in [-0.2, 0) is 0 Å². The fraction of sp³-hybridized carbons (Fsp3) is 0.0769. The Hall–Kier alpha value is -2.36. The standard InChI is InChI=1S/C13H11N3O/c1-9-6-7-13(17)12(8-9)16-14-10-4-2-3-5-11(10)15-16/h2-8,17H,1H3/p-1. The summed E-state index contributed by atoms with van der Waals surface area (Å²) in [5.74, 6) is -0.0732. The molecule has 0 aliphatic carbocycles. The highest BCUT2D eigenvalue weighted by atomic mass is 16.3. The van der Waals surface area contributed by atoms with Crippen LogP contribution in [0.25, 0.3) is 16.7 Å². The van der Waals surface area contributed by atoms with Crippen molar-refractivity contribution in [1.29, 1.82) is 0 Å². The Morgan fingerprint density at radius 3 is 2.29 bits per heavy atom. The molecule has 4 nitrogen and oxygen atoms in total. The van der Waals surface area contributed by atoms with Gasteiger partial charge >= 0.3 is 0 Å². The van der Waals surface area contributed by atoms with E-state index < -0.39 is 0 Å². The molecule has 0 bridgehead atoms. The molecule has 0 N–H and O–H groups in total. The lowest BCUT2D eigenvalue weighted by atomic mass is 10.2. The molecule has 1 aromatic heterocycles. The molecule has 2 aromatic carbocycles. The largest absolute Gasteiger partial charge is 0.871 e. The van der Waals surface area contributed by atoms with E-state index in [1.54, 1.807) is 18.2 Å². The lowest BCUT2D eigenvalue weighted by molar-refractivity contribution is -0.268. The van der Waals surface area contributed by atoms with E-state index in [-0.39, 0.29) is 5.75 Å². The number of rotatable bonds is 1. The lowest BCUT2D eigenvalue weighted by Gasteiger charge is -2.12. The number of hydrogen-bond donors (Lipinski definition) is 0. The van der Waals surface area contributed by atoms with Crippen LogP contribution in [-0.4, -0.2) is 15.0 Å². The molecule has 0 spiro atoms. The lowest BCUT2D eigenvalue weighted by Crippen LogP contribution is -2.04. The summed E-state index contributed by atoms with van der Waals surface area (Å²) in [5.41, 5.74) is 3.07. The van der Waals surface area contributed by atoms with E-state index in [2.05, 4.69) is 10.2 Å². The van der Waals surface area contributed by atoms with E-state index in [1.807, 2.05) is 31.2 Å². The van der Waals surface area contributed by atoms with E-state index >= 15 is 0 Å². The molecule has 0 amide bonds. The van der Waals surface area contributed by atoms with Gasteiger partial charge in [-0.2, -0.15) is 4.80 Å². The highest BCUT2D eigenvalue weighted by molar-refractivity contribution is 5.73. The molecule has 0 saturated heterocycles. The van der Waals surface area contributed by atoms with Crippen LogP contribution in [0.5, 0.6) is 5.75 Å². The number of hydrogen-bond acceptors (Lipinski definition) is 3. The molecule has 0 radical (unpaired) electrons. The first-order chi connectivity index (χ1) is 8.24. The zero-order valence-corrected chi connectivity index (χ0v) is 9.29. The van der Waals surface area contributed by atoms with E-state index in [9.17, 15) is 5.11 Å². The van der Waals surface area contributed by atoms with E-state index in [0.717, 1.165) is 16.6 Å². The molecule has 0 aliphatic heterocycles. The summed E-state index contributed by atoms with van der Waals surface area (Å²) in [6.07, 6.45) is 0. The number of aromatic nitrogens is 3. The Balaban J connectivity index is 2.23. The number of aryl methyl sites for hydroxylation is 1. The van der Waals surface area contributed by atoms with Gasteiger partial charge in [0, 0.05) is 0 Å². The Bertz CT molecular complexity index is 655. The van der Waals surface area contributed by atoms with Crippen LogP contribution in [0, 0.1) is 6.92 Å². The van der Waals surface area contributed by atoms with Crippen LogP contribution in [0.2, 0.25) is 0 Å². The van der Waals surface area contributed by atoms with Crippen molar-refractivity contribution in [3.63, 3.8) is 0 Å². The average molecular weight is 224 g/mol. The van der Waals surface area contributed by atoms with Crippen LogP contribution < -0.4 is 5.11 Å². The summed E-state index contributed by atoms with van der Waals surface area (Å²) >= 11 is 0. The van der Waals surface area contributed by atoms with Crippen molar-refractivity contribution in [2.75, 3.05) is 0 Å². The predicted molar refractivity (Wildman–Crippen MR) is 63.0 cm³/mol. The minimum Gasteiger partial charge on any atom is -0.871 e. The fourth-order valence-electron chi connectivity index (χ4n) is 1.75. The summed E-state index contributed by atoms with van der Waals surface area (Å²) in [5, 5.41) is 20.3. The molecule has 4 heteroatoms. The third kappa shape index (κ3) is 1.63. The summed E-state index contributed by atoms with van der Waals surface area (Å²) in [6, 6.07) is 12.7. The molecule has 84 valence electrons. The summed E-state index contributed by atoms with van der Waals surface area (Å²) < 4.78 is 0.